The third kappa shape index (κ3) is 3.16. The SMILES string of the molecule is CC(CC(=O)O)Cc1nc(-c2ccccc2)no1. The number of aromatic nitrogens is 2. The highest BCUT2D eigenvalue weighted by atomic mass is 16.5. The Morgan fingerprint density at radius 3 is 2.78 bits per heavy atom. The number of nitrogens with zero attached hydrogens (tertiary/aromatic N) is 2. The van der Waals surface area contributed by atoms with Gasteiger partial charge in [0.05, 0.1) is 0 Å². The summed E-state index contributed by atoms with van der Waals surface area (Å²) in [5, 5.41) is 12.6. The van der Waals surface area contributed by atoms with E-state index in [4.69, 9.17) is 9.63 Å². The second kappa shape index (κ2) is 5.44. The molecular formula is C13H14N2O3. The van der Waals surface area contributed by atoms with Crippen molar-refractivity contribution in [2.45, 2.75) is 19.8 Å². The summed E-state index contributed by atoms with van der Waals surface area (Å²) in [5.74, 6) is 0.174. The number of hydrogen-bond donors (Lipinski definition) is 1. The lowest BCUT2D eigenvalue weighted by Crippen LogP contribution is -2.07. The number of benzene rings is 1. The first-order valence-corrected chi connectivity index (χ1v) is 5.75. The molecule has 0 aliphatic rings. The molecule has 0 aliphatic carbocycles. The summed E-state index contributed by atoms with van der Waals surface area (Å²) in [6, 6.07) is 9.51. The van der Waals surface area contributed by atoms with Crippen LogP contribution >= 0.6 is 0 Å². The Morgan fingerprint density at radius 1 is 1.39 bits per heavy atom. The van der Waals surface area contributed by atoms with Crippen LogP contribution in [0.2, 0.25) is 0 Å². The predicted molar refractivity (Wildman–Crippen MR) is 64.9 cm³/mol. The lowest BCUT2D eigenvalue weighted by molar-refractivity contribution is -0.137. The number of carboxylic acids is 1. The maximum absolute atomic E-state index is 10.6. The third-order valence-corrected chi connectivity index (χ3v) is 2.55. The average molecular weight is 246 g/mol. The Balaban J connectivity index is 2.05. The van der Waals surface area contributed by atoms with Crippen molar-refractivity contribution in [3.05, 3.63) is 36.2 Å². The molecule has 1 heterocycles. The van der Waals surface area contributed by atoms with Crippen molar-refractivity contribution < 1.29 is 14.4 Å². The number of hydrogen-bond acceptors (Lipinski definition) is 4. The average Bonchev–Trinajstić information content (AvgIpc) is 2.77. The molecule has 1 N–H and O–H groups in total. The van der Waals surface area contributed by atoms with Gasteiger partial charge in [0.2, 0.25) is 11.7 Å². The van der Waals surface area contributed by atoms with Crippen LogP contribution in [-0.2, 0) is 11.2 Å². The molecule has 0 saturated carbocycles. The van der Waals surface area contributed by atoms with E-state index in [1.54, 1.807) is 0 Å². The first-order chi connectivity index (χ1) is 8.65. The summed E-state index contributed by atoms with van der Waals surface area (Å²) in [6.45, 7) is 1.85. The molecule has 0 radical (unpaired) electrons. The van der Waals surface area contributed by atoms with Crippen molar-refractivity contribution in [1.29, 1.82) is 0 Å². The van der Waals surface area contributed by atoms with Gasteiger partial charge < -0.3 is 9.63 Å². The van der Waals surface area contributed by atoms with Crippen LogP contribution in [0.15, 0.2) is 34.9 Å². The van der Waals surface area contributed by atoms with Crippen LogP contribution in [0.1, 0.15) is 19.2 Å². The fourth-order valence-corrected chi connectivity index (χ4v) is 1.71. The lowest BCUT2D eigenvalue weighted by atomic mass is 10.0. The molecule has 94 valence electrons. The Morgan fingerprint density at radius 2 is 2.11 bits per heavy atom. The second-order valence-corrected chi connectivity index (χ2v) is 4.28. The van der Waals surface area contributed by atoms with E-state index in [0.717, 1.165) is 5.56 Å². The molecule has 1 unspecified atom stereocenters. The highest BCUT2D eigenvalue weighted by Gasteiger charge is 2.14. The van der Waals surface area contributed by atoms with Gasteiger partial charge in [-0.25, -0.2) is 0 Å². The molecule has 0 saturated heterocycles. The minimum Gasteiger partial charge on any atom is -0.481 e. The number of carboxylic acid groups (broad SMARTS) is 1. The van der Waals surface area contributed by atoms with Gasteiger partial charge >= 0.3 is 5.97 Å². The zero-order valence-electron chi connectivity index (χ0n) is 10.0. The van der Waals surface area contributed by atoms with Crippen molar-refractivity contribution in [3.8, 4) is 11.4 Å². The molecule has 2 rings (SSSR count). The maximum Gasteiger partial charge on any atom is 0.303 e. The molecule has 1 atom stereocenters. The molecule has 5 heteroatoms. The maximum atomic E-state index is 10.6. The Hall–Kier alpha value is -2.17. The number of rotatable bonds is 5. The molecular weight excluding hydrogens is 232 g/mol. The lowest BCUT2D eigenvalue weighted by Gasteiger charge is -2.03. The molecule has 0 fully saturated rings. The van der Waals surface area contributed by atoms with Crippen LogP contribution in [-0.4, -0.2) is 21.2 Å². The first-order valence-electron chi connectivity index (χ1n) is 5.75. The molecule has 18 heavy (non-hydrogen) atoms. The molecule has 1 aromatic heterocycles. The Kier molecular flexibility index (Phi) is 3.72. The second-order valence-electron chi connectivity index (χ2n) is 4.28. The fraction of sp³-hybridized carbons (Fsp3) is 0.308. The van der Waals surface area contributed by atoms with Gasteiger partial charge in [-0.1, -0.05) is 42.4 Å². The summed E-state index contributed by atoms with van der Waals surface area (Å²) in [7, 11) is 0. The molecule has 0 spiro atoms. The van der Waals surface area contributed by atoms with Crippen LogP contribution in [0, 0.1) is 5.92 Å². The van der Waals surface area contributed by atoms with Gasteiger partial charge in [0.15, 0.2) is 0 Å². The molecule has 0 amide bonds. The van der Waals surface area contributed by atoms with Gasteiger partial charge in [0.25, 0.3) is 0 Å². The highest BCUT2D eigenvalue weighted by molar-refractivity contribution is 5.66. The molecule has 5 nitrogen and oxygen atoms in total. The molecule has 1 aromatic carbocycles. The van der Waals surface area contributed by atoms with Crippen molar-refractivity contribution in [1.82, 2.24) is 10.1 Å². The normalized spacial score (nSPS) is 12.3. The summed E-state index contributed by atoms with van der Waals surface area (Å²) < 4.78 is 5.12. The van der Waals surface area contributed by atoms with E-state index >= 15 is 0 Å². The van der Waals surface area contributed by atoms with E-state index in [1.807, 2.05) is 37.3 Å². The van der Waals surface area contributed by atoms with Crippen molar-refractivity contribution in [3.63, 3.8) is 0 Å². The van der Waals surface area contributed by atoms with E-state index in [0.29, 0.717) is 18.1 Å². The summed E-state index contributed by atoms with van der Waals surface area (Å²) >= 11 is 0. The topological polar surface area (TPSA) is 76.2 Å². The standard InChI is InChI=1S/C13H14N2O3/c1-9(8-12(16)17)7-11-14-13(15-18-11)10-5-3-2-4-6-10/h2-6,9H,7-8H2,1H3,(H,16,17). The smallest absolute Gasteiger partial charge is 0.303 e. The number of carbonyl (C=O) groups is 1. The molecule has 0 bridgehead atoms. The van der Waals surface area contributed by atoms with Crippen LogP contribution in [0.5, 0.6) is 0 Å². The minimum absolute atomic E-state index is 0.0217. The fourth-order valence-electron chi connectivity index (χ4n) is 1.71. The van der Waals surface area contributed by atoms with Crippen LogP contribution in [0.25, 0.3) is 11.4 Å². The highest BCUT2D eigenvalue weighted by Crippen LogP contribution is 2.17. The van der Waals surface area contributed by atoms with E-state index in [2.05, 4.69) is 10.1 Å². The summed E-state index contributed by atoms with van der Waals surface area (Å²) in [5.41, 5.74) is 0.887. The molecule has 2 aromatic rings. The van der Waals surface area contributed by atoms with Crippen LogP contribution in [0.3, 0.4) is 0 Å². The van der Waals surface area contributed by atoms with E-state index in [1.165, 1.54) is 0 Å². The van der Waals surface area contributed by atoms with Crippen LogP contribution < -0.4 is 0 Å². The van der Waals surface area contributed by atoms with E-state index in [-0.39, 0.29) is 12.3 Å². The molecule has 0 aliphatic heterocycles. The van der Waals surface area contributed by atoms with Gasteiger partial charge in [0.1, 0.15) is 0 Å². The van der Waals surface area contributed by atoms with Gasteiger partial charge in [-0.05, 0) is 5.92 Å². The quantitative estimate of drug-likeness (QED) is 0.876. The summed E-state index contributed by atoms with van der Waals surface area (Å²) in [6.07, 6.45) is 0.579. The van der Waals surface area contributed by atoms with Gasteiger partial charge in [-0.15, -0.1) is 0 Å². The largest absolute Gasteiger partial charge is 0.481 e. The van der Waals surface area contributed by atoms with E-state index < -0.39 is 5.97 Å². The van der Waals surface area contributed by atoms with Crippen molar-refractivity contribution in [2.24, 2.45) is 5.92 Å². The zero-order chi connectivity index (χ0) is 13.0. The van der Waals surface area contributed by atoms with Gasteiger partial charge in [0, 0.05) is 18.4 Å². The Bertz CT molecular complexity index is 522. The minimum atomic E-state index is -0.815. The zero-order valence-corrected chi connectivity index (χ0v) is 10.0. The number of aliphatic carboxylic acids is 1. The predicted octanol–water partition coefficient (Wildman–Crippen LogP) is 2.39. The van der Waals surface area contributed by atoms with Gasteiger partial charge in [-0.3, -0.25) is 4.79 Å². The van der Waals surface area contributed by atoms with Crippen molar-refractivity contribution >= 4 is 5.97 Å². The van der Waals surface area contributed by atoms with Gasteiger partial charge in [-0.2, -0.15) is 4.98 Å². The van der Waals surface area contributed by atoms with E-state index in [9.17, 15) is 4.79 Å². The summed E-state index contributed by atoms with van der Waals surface area (Å²) in [4.78, 5) is 14.8. The monoisotopic (exact) mass is 246 g/mol. The third-order valence-electron chi connectivity index (χ3n) is 2.55. The first kappa shape index (κ1) is 12.3. The Labute approximate surface area is 104 Å². The van der Waals surface area contributed by atoms with Crippen LogP contribution in [0.4, 0.5) is 0 Å². The van der Waals surface area contributed by atoms with Crippen molar-refractivity contribution in [2.75, 3.05) is 0 Å².